The second-order valence-corrected chi connectivity index (χ2v) is 6.43. The molecule has 2 fully saturated rings. The standard InChI is InChI=1S/C18H22F2N2O4/c19-18(20)26-15-5-1-3-13(11-15)16(23)22-6-2-4-14(12-22)17(24)21-7-9-25-10-8-21/h1,3,5,11,14,18H,2,4,6-10,12H2. The quantitative estimate of drug-likeness (QED) is 0.816. The summed E-state index contributed by atoms with van der Waals surface area (Å²) < 4.78 is 34.3. The molecule has 8 heteroatoms. The molecule has 2 saturated heterocycles. The van der Waals surface area contributed by atoms with Crippen molar-refractivity contribution < 1.29 is 27.8 Å². The van der Waals surface area contributed by atoms with Crippen LogP contribution in [0.15, 0.2) is 24.3 Å². The fourth-order valence-electron chi connectivity index (χ4n) is 3.39. The normalized spacial score (nSPS) is 21.0. The Balaban J connectivity index is 1.65. The molecule has 142 valence electrons. The molecule has 1 aromatic carbocycles. The van der Waals surface area contributed by atoms with E-state index in [1.807, 2.05) is 0 Å². The Hall–Kier alpha value is -2.22. The largest absolute Gasteiger partial charge is 0.435 e. The first-order chi connectivity index (χ1) is 12.5. The lowest BCUT2D eigenvalue weighted by Gasteiger charge is -2.36. The molecule has 6 nitrogen and oxygen atoms in total. The Morgan fingerprint density at radius 1 is 1.15 bits per heavy atom. The van der Waals surface area contributed by atoms with Gasteiger partial charge in [-0.2, -0.15) is 8.78 Å². The van der Waals surface area contributed by atoms with Crippen molar-refractivity contribution in [1.29, 1.82) is 0 Å². The maximum atomic E-state index is 12.7. The molecule has 0 N–H and O–H groups in total. The van der Waals surface area contributed by atoms with Gasteiger partial charge < -0.3 is 19.3 Å². The average molecular weight is 368 g/mol. The molecule has 0 saturated carbocycles. The number of ether oxygens (including phenoxy) is 2. The predicted octanol–water partition coefficient (Wildman–Crippen LogP) is 2.00. The Kier molecular flexibility index (Phi) is 6.03. The molecular weight excluding hydrogens is 346 g/mol. The van der Waals surface area contributed by atoms with Crippen molar-refractivity contribution in [2.75, 3.05) is 39.4 Å². The van der Waals surface area contributed by atoms with Crippen LogP contribution in [0.4, 0.5) is 8.78 Å². The van der Waals surface area contributed by atoms with Crippen molar-refractivity contribution in [3.8, 4) is 5.75 Å². The smallest absolute Gasteiger partial charge is 0.387 e. The maximum absolute atomic E-state index is 12.7. The summed E-state index contributed by atoms with van der Waals surface area (Å²) in [4.78, 5) is 28.8. The lowest BCUT2D eigenvalue weighted by Crippen LogP contribution is -2.49. The number of halogens is 2. The summed E-state index contributed by atoms with van der Waals surface area (Å²) >= 11 is 0. The average Bonchev–Trinajstić information content (AvgIpc) is 2.67. The first kappa shape index (κ1) is 18.6. The van der Waals surface area contributed by atoms with Gasteiger partial charge in [0, 0.05) is 31.7 Å². The summed E-state index contributed by atoms with van der Waals surface area (Å²) in [6.45, 7) is 0.189. The van der Waals surface area contributed by atoms with E-state index in [9.17, 15) is 18.4 Å². The highest BCUT2D eigenvalue weighted by Crippen LogP contribution is 2.23. The molecule has 3 rings (SSSR count). The molecular formula is C18H22F2N2O4. The minimum Gasteiger partial charge on any atom is -0.435 e. The van der Waals surface area contributed by atoms with E-state index < -0.39 is 6.61 Å². The number of hydrogen-bond acceptors (Lipinski definition) is 4. The first-order valence-electron chi connectivity index (χ1n) is 8.75. The van der Waals surface area contributed by atoms with Gasteiger partial charge in [0.25, 0.3) is 5.91 Å². The van der Waals surface area contributed by atoms with Crippen LogP contribution in [0.1, 0.15) is 23.2 Å². The number of rotatable bonds is 4. The van der Waals surface area contributed by atoms with Gasteiger partial charge in [-0.05, 0) is 31.0 Å². The number of nitrogens with zero attached hydrogens (tertiary/aromatic N) is 2. The van der Waals surface area contributed by atoms with Crippen LogP contribution in [-0.4, -0.2) is 67.6 Å². The van der Waals surface area contributed by atoms with E-state index in [2.05, 4.69) is 4.74 Å². The van der Waals surface area contributed by atoms with Crippen LogP contribution in [0.3, 0.4) is 0 Å². The second kappa shape index (κ2) is 8.44. The molecule has 2 amide bonds. The van der Waals surface area contributed by atoms with E-state index in [4.69, 9.17) is 4.74 Å². The number of hydrogen-bond donors (Lipinski definition) is 0. The van der Waals surface area contributed by atoms with Gasteiger partial charge >= 0.3 is 6.61 Å². The third-order valence-corrected chi connectivity index (χ3v) is 4.69. The predicted molar refractivity (Wildman–Crippen MR) is 89.1 cm³/mol. The summed E-state index contributed by atoms with van der Waals surface area (Å²) in [7, 11) is 0. The highest BCUT2D eigenvalue weighted by atomic mass is 19.3. The molecule has 26 heavy (non-hydrogen) atoms. The fraction of sp³-hybridized carbons (Fsp3) is 0.556. The lowest BCUT2D eigenvalue weighted by atomic mass is 9.95. The van der Waals surface area contributed by atoms with Crippen LogP contribution in [0.2, 0.25) is 0 Å². The Bertz CT molecular complexity index is 650. The van der Waals surface area contributed by atoms with Crippen LogP contribution < -0.4 is 4.74 Å². The van der Waals surface area contributed by atoms with E-state index >= 15 is 0 Å². The number of piperidine rings is 1. The molecule has 0 spiro atoms. The lowest BCUT2D eigenvalue weighted by molar-refractivity contribution is -0.141. The summed E-state index contributed by atoms with van der Waals surface area (Å²) in [6.07, 6.45) is 1.48. The zero-order valence-corrected chi connectivity index (χ0v) is 14.4. The van der Waals surface area contributed by atoms with Crippen molar-refractivity contribution in [2.24, 2.45) is 5.92 Å². The molecule has 1 aromatic rings. The molecule has 1 unspecified atom stereocenters. The van der Waals surface area contributed by atoms with E-state index in [0.29, 0.717) is 39.4 Å². The van der Waals surface area contributed by atoms with Crippen LogP contribution in [-0.2, 0) is 9.53 Å². The Morgan fingerprint density at radius 3 is 2.65 bits per heavy atom. The number of morpholine rings is 1. The Labute approximate surface area is 150 Å². The maximum Gasteiger partial charge on any atom is 0.387 e. The van der Waals surface area contributed by atoms with E-state index in [0.717, 1.165) is 12.8 Å². The first-order valence-corrected chi connectivity index (χ1v) is 8.75. The molecule has 2 heterocycles. The summed E-state index contributed by atoms with van der Waals surface area (Å²) in [6, 6.07) is 5.76. The molecule has 0 radical (unpaired) electrons. The molecule has 2 aliphatic heterocycles. The monoisotopic (exact) mass is 368 g/mol. The zero-order valence-electron chi connectivity index (χ0n) is 14.4. The molecule has 0 bridgehead atoms. The summed E-state index contributed by atoms with van der Waals surface area (Å²) in [5, 5.41) is 0. The molecule has 0 aliphatic carbocycles. The van der Waals surface area contributed by atoms with Crippen LogP contribution >= 0.6 is 0 Å². The van der Waals surface area contributed by atoms with Crippen molar-refractivity contribution in [2.45, 2.75) is 19.5 Å². The third-order valence-electron chi connectivity index (χ3n) is 4.69. The van der Waals surface area contributed by atoms with Crippen LogP contribution in [0, 0.1) is 5.92 Å². The summed E-state index contributed by atoms with van der Waals surface area (Å²) in [5.74, 6) is -0.500. The number of likely N-dealkylation sites (tertiary alicyclic amines) is 1. The minimum absolute atomic E-state index is 0.0520. The van der Waals surface area contributed by atoms with Crippen molar-refractivity contribution in [3.63, 3.8) is 0 Å². The number of amides is 2. The second-order valence-electron chi connectivity index (χ2n) is 6.43. The molecule has 0 aromatic heterocycles. The van der Waals surface area contributed by atoms with Gasteiger partial charge in [0.2, 0.25) is 5.91 Å². The topological polar surface area (TPSA) is 59.1 Å². The number of carbonyl (C=O) groups excluding carboxylic acids is 2. The van der Waals surface area contributed by atoms with E-state index in [-0.39, 0.29) is 29.0 Å². The summed E-state index contributed by atoms with van der Waals surface area (Å²) in [5.41, 5.74) is 0.280. The van der Waals surface area contributed by atoms with Gasteiger partial charge in [-0.3, -0.25) is 9.59 Å². The van der Waals surface area contributed by atoms with Gasteiger partial charge in [-0.25, -0.2) is 0 Å². The minimum atomic E-state index is -2.94. The van der Waals surface area contributed by atoms with Gasteiger partial charge in [0.05, 0.1) is 19.1 Å². The van der Waals surface area contributed by atoms with Crippen LogP contribution in [0.25, 0.3) is 0 Å². The highest BCUT2D eigenvalue weighted by Gasteiger charge is 2.32. The van der Waals surface area contributed by atoms with Gasteiger partial charge in [-0.15, -0.1) is 0 Å². The van der Waals surface area contributed by atoms with Crippen LogP contribution in [0.5, 0.6) is 5.75 Å². The molecule has 2 aliphatic rings. The van der Waals surface area contributed by atoms with Gasteiger partial charge in [0.15, 0.2) is 0 Å². The van der Waals surface area contributed by atoms with E-state index in [1.165, 1.54) is 18.2 Å². The van der Waals surface area contributed by atoms with Crippen molar-refractivity contribution in [1.82, 2.24) is 9.80 Å². The van der Waals surface area contributed by atoms with Crippen molar-refractivity contribution in [3.05, 3.63) is 29.8 Å². The van der Waals surface area contributed by atoms with Crippen molar-refractivity contribution >= 4 is 11.8 Å². The molecule has 1 atom stereocenters. The highest BCUT2D eigenvalue weighted by molar-refractivity contribution is 5.95. The number of benzene rings is 1. The Morgan fingerprint density at radius 2 is 1.92 bits per heavy atom. The third kappa shape index (κ3) is 4.49. The van der Waals surface area contributed by atoms with Gasteiger partial charge in [0.1, 0.15) is 5.75 Å². The zero-order chi connectivity index (χ0) is 18.5. The van der Waals surface area contributed by atoms with Gasteiger partial charge in [-0.1, -0.05) is 6.07 Å². The SMILES string of the molecule is O=C(c1cccc(OC(F)F)c1)N1CCCC(C(=O)N2CCOCC2)C1. The fourth-order valence-corrected chi connectivity index (χ4v) is 3.39. The number of carbonyl (C=O) groups is 2. The van der Waals surface area contributed by atoms with E-state index in [1.54, 1.807) is 15.9 Å². The number of alkyl halides is 2.